The van der Waals surface area contributed by atoms with Gasteiger partial charge < -0.3 is 20.7 Å². The maximum absolute atomic E-state index is 11.7. The van der Waals surface area contributed by atoms with E-state index >= 15 is 0 Å². The number of amides is 1. The van der Waals surface area contributed by atoms with Gasteiger partial charge in [0.05, 0.1) is 11.7 Å². The van der Waals surface area contributed by atoms with E-state index in [4.69, 9.17) is 10.5 Å². The van der Waals surface area contributed by atoms with E-state index in [2.05, 4.69) is 20.4 Å². The SMILES string of the molecule is CCNC(=O)c1ccc(N2CC(CN)OC(C)(C)C2)nn1. The van der Waals surface area contributed by atoms with Gasteiger partial charge in [-0.3, -0.25) is 4.79 Å². The molecule has 2 heterocycles. The van der Waals surface area contributed by atoms with E-state index in [-0.39, 0.29) is 17.6 Å². The van der Waals surface area contributed by atoms with Gasteiger partial charge in [0.1, 0.15) is 0 Å². The minimum absolute atomic E-state index is 0.0291. The minimum atomic E-state index is -0.289. The van der Waals surface area contributed by atoms with Gasteiger partial charge in [-0.15, -0.1) is 10.2 Å². The zero-order valence-electron chi connectivity index (χ0n) is 12.8. The summed E-state index contributed by atoms with van der Waals surface area (Å²) in [4.78, 5) is 13.8. The van der Waals surface area contributed by atoms with Gasteiger partial charge in [-0.25, -0.2) is 0 Å². The lowest BCUT2D eigenvalue weighted by atomic mass is 10.1. The van der Waals surface area contributed by atoms with Crippen molar-refractivity contribution in [2.75, 3.05) is 31.1 Å². The van der Waals surface area contributed by atoms with Crippen molar-refractivity contribution in [3.05, 3.63) is 17.8 Å². The molecule has 116 valence electrons. The fourth-order valence-corrected chi connectivity index (χ4v) is 2.46. The second-order valence-electron chi connectivity index (χ2n) is 5.75. The fraction of sp³-hybridized carbons (Fsp3) is 0.643. The highest BCUT2D eigenvalue weighted by molar-refractivity contribution is 5.92. The number of ether oxygens (including phenoxy) is 1. The van der Waals surface area contributed by atoms with Crippen LogP contribution in [0.25, 0.3) is 0 Å². The average molecular weight is 293 g/mol. The van der Waals surface area contributed by atoms with Crippen LogP contribution in [0.3, 0.4) is 0 Å². The Bertz CT molecular complexity index is 489. The number of hydrogen-bond acceptors (Lipinski definition) is 6. The van der Waals surface area contributed by atoms with Crippen molar-refractivity contribution in [3.63, 3.8) is 0 Å². The van der Waals surface area contributed by atoms with E-state index in [0.29, 0.717) is 31.9 Å². The summed E-state index contributed by atoms with van der Waals surface area (Å²) in [6, 6.07) is 3.50. The Kier molecular flexibility index (Phi) is 4.74. The standard InChI is InChI=1S/C14H23N5O2/c1-4-16-13(20)11-5-6-12(18-17-11)19-8-10(7-15)21-14(2,3)9-19/h5-6,10H,4,7-9,15H2,1-3H3,(H,16,20). The molecular formula is C14H23N5O2. The Hall–Kier alpha value is -1.73. The maximum atomic E-state index is 11.7. The van der Waals surface area contributed by atoms with Crippen LogP contribution in [0, 0.1) is 0 Å². The molecule has 1 saturated heterocycles. The molecule has 0 aromatic carbocycles. The van der Waals surface area contributed by atoms with E-state index < -0.39 is 0 Å². The van der Waals surface area contributed by atoms with Crippen molar-refractivity contribution >= 4 is 11.7 Å². The molecule has 0 saturated carbocycles. The first kappa shape index (κ1) is 15.7. The van der Waals surface area contributed by atoms with Crippen LogP contribution < -0.4 is 16.0 Å². The average Bonchev–Trinajstić information content (AvgIpc) is 2.46. The van der Waals surface area contributed by atoms with Crippen molar-refractivity contribution in [2.24, 2.45) is 5.73 Å². The molecule has 2 rings (SSSR count). The summed E-state index contributed by atoms with van der Waals surface area (Å²) >= 11 is 0. The highest BCUT2D eigenvalue weighted by Crippen LogP contribution is 2.24. The molecule has 7 heteroatoms. The van der Waals surface area contributed by atoms with Crippen molar-refractivity contribution in [3.8, 4) is 0 Å². The molecule has 0 bridgehead atoms. The minimum Gasteiger partial charge on any atom is -0.367 e. The molecule has 1 aliphatic heterocycles. The molecule has 1 unspecified atom stereocenters. The Balaban J connectivity index is 2.12. The smallest absolute Gasteiger partial charge is 0.271 e. The number of nitrogens with one attached hydrogen (secondary N) is 1. The van der Waals surface area contributed by atoms with Crippen LogP contribution in [-0.2, 0) is 4.74 Å². The van der Waals surface area contributed by atoms with Crippen LogP contribution in [0.2, 0.25) is 0 Å². The topological polar surface area (TPSA) is 93.4 Å². The Labute approximate surface area is 124 Å². The second-order valence-corrected chi connectivity index (χ2v) is 5.75. The Morgan fingerprint density at radius 3 is 2.86 bits per heavy atom. The molecule has 1 aromatic heterocycles. The molecule has 1 amide bonds. The third-order valence-corrected chi connectivity index (χ3v) is 3.29. The van der Waals surface area contributed by atoms with Crippen LogP contribution in [0.4, 0.5) is 5.82 Å². The van der Waals surface area contributed by atoms with Crippen LogP contribution in [-0.4, -0.2) is 54.0 Å². The number of anilines is 1. The first-order valence-electron chi connectivity index (χ1n) is 7.20. The summed E-state index contributed by atoms with van der Waals surface area (Å²) in [5.41, 5.74) is 5.75. The summed E-state index contributed by atoms with van der Waals surface area (Å²) in [6.45, 7) is 8.33. The highest BCUT2D eigenvalue weighted by atomic mass is 16.5. The molecule has 21 heavy (non-hydrogen) atoms. The summed E-state index contributed by atoms with van der Waals surface area (Å²) in [7, 11) is 0. The van der Waals surface area contributed by atoms with Crippen LogP contribution in [0.1, 0.15) is 31.3 Å². The van der Waals surface area contributed by atoms with E-state index in [1.807, 2.05) is 26.8 Å². The van der Waals surface area contributed by atoms with Crippen LogP contribution in [0.5, 0.6) is 0 Å². The number of aromatic nitrogens is 2. The first-order chi connectivity index (χ1) is 9.95. The number of nitrogens with zero attached hydrogens (tertiary/aromatic N) is 3. The molecule has 7 nitrogen and oxygen atoms in total. The summed E-state index contributed by atoms with van der Waals surface area (Å²) in [5, 5.41) is 10.9. The van der Waals surface area contributed by atoms with E-state index in [1.54, 1.807) is 6.07 Å². The summed E-state index contributed by atoms with van der Waals surface area (Å²) in [6.07, 6.45) is -0.0291. The third kappa shape index (κ3) is 3.89. The maximum Gasteiger partial charge on any atom is 0.271 e. The molecule has 0 radical (unpaired) electrons. The Morgan fingerprint density at radius 2 is 2.29 bits per heavy atom. The van der Waals surface area contributed by atoms with E-state index in [0.717, 1.165) is 5.82 Å². The first-order valence-corrected chi connectivity index (χ1v) is 7.20. The van der Waals surface area contributed by atoms with Gasteiger partial charge in [0.2, 0.25) is 0 Å². The predicted octanol–water partition coefficient (Wildman–Crippen LogP) is 0.169. The second kappa shape index (κ2) is 6.36. The zero-order valence-corrected chi connectivity index (χ0v) is 12.8. The molecule has 1 aliphatic rings. The van der Waals surface area contributed by atoms with Gasteiger partial charge >= 0.3 is 0 Å². The molecule has 1 atom stereocenters. The quantitative estimate of drug-likeness (QED) is 0.822. The van der Waals surface area contributed by atoms with Gasteiger partial charge in [0, 0.05) is 26.2 Å². The lowest BCUT2D eigenvalue weighted by molar-refractivity contribution is -0.0790. The lowest BCUT2D eigenvalue weighted by Gasteiger charge is -2.42. The molecule has 3 N–H and O–H groups in total. The summed E-state index contributed by atoms with van der Waals surface area (Å²) in [5.74, 6) is 0.525. The largest absolute Gasteiger partial charge is 0.367 e. The summed E-state index contributed by atoms with van der Waals surface area (Å²) < 4.78 is 5.89. The highest BCUT2D eigenvalue weighted by Gasteiger charge is 2.33. The number of carbonyl (C=O) groups excluding carboxylic acids is 1. The van der Waals surface area contributed by atoms with Gasteiger partial charge in [-0.1, -0.05) is 0 Å². The number of morpholine rings is 1. The Morgan fingerprint density at radius 1 is 1.52 bits per heavy atom. The van der Waals surface area contributed by atoms with Crippen molar-refractivity contribution in [1.29, 1.82) is 0 Å². The zero-order chi connectivity index (χ0) is 15.5. The van der Waals surface area contributed by atoms with Crippen molar-refractivity contribution in [2.45, 2.75) is 32.5 Å². The van der Waals surface area contributed by atoms with E-state index in [1.165, 1.54) is 0 Å². The molecular weight excluding hydrogens is 270 g/mol. The third-order valence-electron chi connectivity index (χ3n) is 3.29. The van der Waals surface area contributed by atoms with Crippen LogP contribution >= 0.6 is 0 Å². The molecule has 0 spiro atoms. The number of carbonyl (C=O) groups is 1. The normalized spacial score (nSPS) is 21.1. The predicted molar refractivity (Wildman–Crippen MR) is 80.3 cm³/mol. The lowest BCUT2D eigenvalue weighted by Crippen LogP contribution is -2.55. The number of nitrogens with two attached hydrogens (primary N) is 1. The number of hydrogen-bond donors (Lipinski definition) is 2. The van der Waals surface area contributed by atoms with Gasteiger partial charge in [0.25, 0.3) is 5.91 Å². The molecule has 0 aliphatic carbocycles. The van der Waals surface area contributed by atoms with Gasteiger partial charge in [0.15, 0.2) is 11.5 Å². The monoisotopic (exact) mass is 293 g/mol. The molecule has 1 fully saturated rings. The molecule has 1 aromatic rings. The van der Waals surface area contributed by atoms with E-state index in [9.17, 15) is 4.79 Å². The fourth-order valence-electron chi connectivity index (χ4n) is 2.46. The van der Waals surface area contributed by atoms with Crippen LogP contribution in [0.15, 0.2) is 12.1 Å². The van der Waals surface area contributed by atoms with Crippen molar-refractivity contribution in [1.82, 2.24) is 15.5 Å². The van der Waals surface area contributed by atoms with Gasteiger partial charge in [-0.2, -0.15) is 0 Å². The number of rotatable bonds is 4. The van der Waals surface area contributed by atoms with Crippen molar-refractivity contribution < 1.29 is 9.53 Å². The van der Waals surface area contributed by atoms with Gasteiger partial charge in [-0.05, 0) is 32.9 Å².